The predicted molar refractivity (Wildman–Crippen MR) is 158 cm³/mol. The van der Waals surface area contributed by atoms with Gasteiger partial charge < -0.3 is 5.32 Å². The molecule has 3 aromatic carbocycles. The van der Waals surface area contributed by atoms with E-state index in [1.54, 1.807) is 18.2 Å². The van der Waals surface area contributed by atoms with Gasteiger partial charge >= 0.3 is 0 Å². The number of hydrogen-bond donors (Lipinski definition) is 2. The molecule has 43 heavy (non-hydrogen) atoms. The third-order valence-corrected chi connectivity index (χ3v) is 9.06. The average Bonchev–Trinajstić information content (AvgIpc) is 3.64. The van der Waals surface area contributed by atoms with Crippen molar-refractivity contribution in [2.45, 2.75) is 38.4 Å². The molecule has 3 aliphatic heterocycles. The van der Waals surface area contributed by atoms with Crippen LogP contribution < -0.4 is 10.6 Å². The van der Waals surface area contributed by atoms with Crippen molar-refractivity contribution < 1.29 is 23.6 Å². The highest BCUT2D eigenvalue weighted by Gasteiger charge is 2.45. The summed E-state index contributed by atoms with van der Waals surface area (Å²) < 4.78 is 13.3. The standard InChI is InChI=1S/C34H31FN4O4/c35-26-10-8-22(9-11-26)23-14-24-18-38(19-25(24)15-23)17-21-6-4-20(5-7-21)16-36-28-3-1-2-27-31(28)34(43)39(33(27)42)29-12-13-30(40)37-32(29)41/h1-11,14,24-25,29,36H,12-13,15-19H2,(H,37,40,41)/t24-,25+,29?/m0/s1. The van der Waals surface area contributed by atoms with E-state index < -0.39 is 29.7 Å². The lowest BCUT2D eigenvalue weighted by Gasteiger charge is -2.27. The van der Waals surface area contributed by atoms with Gasteiger partial charge in [0.15, 0.2) is 0 Å². The van der Waals surface area contributed by atoms with Crippen LogP contribution in [0.3, 0.4) is 0 Å². The van der Waals surface area contributed by atoms with Crippen LogP contribution in [0.25, 0.3) is 5.57 Å². The summed E-state index contributed by atoms with van der Waals surface area (Å²) in [7, 11) is 0. The maximum absolute atomic E-state index is 13.3. The minimum absolute atomic E-state index is 0.0827. The van der Waals surface area contributed by atoms with Crippen LogP contribution >= 0.6 is 0 Å². The summed E-state index contributed by atoms with van der Waals surface area (Å²) in [5, 5.41) is 5.53. The number of amides is 4. The molecule has 0 saturated carbocycles. The molecule has 1 aliphatic carbocycles. The predicted octanol–water partition coefficient (Wildman–Crippen LogP) is 4.37. The largest absolute Gasteiger partial charge is 0.380 e. The lowest BCUT2D eigenvalue weighted by atomic mass is 9.98. The second-order valence-electron chi connectivity index (χ2n) is 11.9. The Bertz CT molecular complexity index is 1670. The number of carbonyl (C=O) groups is 4. The molecule has 4 aliphatic rings. The number of rotatable bonds is 7. The summed E-state index contributed by atoms with van der Waals surface area (Å²) in [5.41, 5.74) is 5.75. The van der Waals surface area contributed by atoms with E-state index in [2.05, 4.69) is 45.9 Å². The van der Waals surface area contributed by atoms with Crippen molar-refractivity contribution in [1.29, 1.82) is 0 Å². The molecule has 7 rings (SSSR count). The molecule has 3 aromatic rings. The second kappa shape index (κ2) is 10.9. The van der Waals surface area contributed by atoms with Gasteiger partial charge in [-0.05, 0) is 71.2 Å². The number of nitrogens with zero attached hydrogens (tertiary/aromatic N) is 2. The summed E-state index contributed by atoms with van der Waals surface area (Å²) in [6, 6.07) is 19.2. The van der Waals surface area contributed by atoms with E-state index in [1.807, 2.05) is 12.1 Å². The first-order chi connectivity index (χ1) is 20.8. The van der Waals surface area contributed by atoms with Crippen molar-refractivity contribution in [2.24, 2.45) is 11.8 Å². The van der Waals surface area contributed by atoms with Crippen LogP contribution in [0.2, 0.25) is 0 Å². The van der Waals surface area contributed by atoms with E-state index in [-0.39, 0.29) is 29.8 Å². The Labute approximate surface area is 248 Å². The first kappa shape index (κ1) is 27.2. The number of imide groups is 2. The normalized spacial score (nSPS) is 23.3. The smallest absolute Gasteiger partial charge is 0.264 e. The van der Waals surface area contributed by atoms with Gasteiger partial charge in [-0.1, -0.05) is 48.5 Å². The number of benzene rings is 3. The quantitative estimate of drug-likeness (QED) is 0.404. The van der Waals surface area contributed by atoms with E-state index in [4.69, 9.17) is 0 Å². The Morgan fingerprint density at radius 1 is 0.884 bits per heavy atom. The van der Waals surface area contributed by atoms with Gasteiger partial charge in [0.1, 0.15) is 11.9 Å². The number of hydrogen-bond acceptors (Lipinski definition) is 6. The highest BCUT2D eigenvalue weighted by atomic mass is 19.1. The number of carbonyl (C=O) groups excluding carboxylic acids is 4. The van der Waals surface area contributed by atoms with Crippen molar-refractivity contribution in [3.05, 3.63) is 106 Å². The molecule has 0 bridgehead atoms. The van der Waals surface area contributed by atoms with Crippen molar-refractivity contribution in [3.63, 3.8) is 0 Å². The summed E-state index contributed by atoms with van der Waals surface area (Å²) in [4.78, 5) is 53.8. The van der Waals surface area contributed by atoms with Gasteiger partial charge in [0.2, 0.25) is 11.8 Å². The Kier molecular flexibility index (Phi) is 6.89. The van der Waals surface area contributed by atoms with Gasteiger partial charge in [0.05, 0.1) is 11.1 Å². The Morgan fingerprint density at radius 3 is 2.40 bits per heavy atom. The van der Waals surface area contributed by atoms with Crippen LogP contribution in [0.4, 0.5) is 10.1 Å². The lowest BCUT2D eigenvalue weighted by molar-refractivity contribution is -0.136. The van der Waals surface area contributed by atoms with Crippen LogP contribution in [0.15, 0.2) is 72.8 Å². The molecule has 0 aromatic heterocycles. The lowest BCUT2D eigenvalue weighted by Crippen LogP contribution is -2.54. The van der Waals surface area contributed by atoms with Crippen LogP contribution in [-0.2, 0) is 22.7 Å². The molecule has 218 valence electrons. The maximum Gasteiger partial charge on any atom is 0.264 e. The number of anilines is 1. The topological polar surface area (TPSA) is 98.8 Å². The molecule has 0 spiro atoms. The molecular weight excluding hydrogens is 547 g/mol. The van der Waals surface area contributed by atoms with E-state index in [9.17, 15) is 23.6 Å². The van der Waals surface area contributed by atoms with Crippen molar-refractivity contribution >= 4 is 34.9 Å². The zero-order chi connectivity index (χ0) is 29.7. The highest BCUT2D eigenvalue weighted by Crippen LogP contribution is 2.41. The van der Waals surface area contributed by atoms with Gasteiger partial charge in [-0.15, -0.1) is 0 Å². The Balaban J connectivity index is 0.963. The summed E-state index contributed by atoms with van der Waals surface area (Å²) >= 11 is 0. The van der Waals surface area contributed by atoms with E-state index in [1.165, 1.54) is 23.3 Å². The zero-order valence-electron chi connectivity index (χ0n) is 23.5. The Morgan fingerprint density at radius 2 is 1.65 bits per heavy atom. The third kappa shape index (κ3) is 5.14. The van der Waals surface area contributed by atoms with E-state index >= 15 is 0 Å². The summed E-state index contributed by atoms with van der Waals surface area (Å²) in [6.45, 7) is 3.39. The summed E-state index contributed by atoms with van der Waals surface area (Å²) in [5.74, 6) is -1.15. The van der Waals surface area contributed by atoms with Gasteiger partial charge in [-0.3, -0.25) is 34.3 Å². The molecular formula is C34H31FN4O4. The molecule has 1 unspecified atom stereocenters. The third-order valence-electron chi connectivity index (χ3n) is 9.06. The highest BCUT2D eigenvalue weighted by molar-refractivity contribution is 6.25. The summed E-state index contributed by atoms with van der Waals surface area (Å²) in [6.07, 6.45) is 3.60. The maximum atomic E-state index is 13.3. The van der Waals surface area contributed by atoms with Crippen molar-refractivity contribution in [1.82, 2.24) is 15.1 Å². The fourth-order valence-corrected chi connectivity index (χ4v) is 6.89. The van der Waals surface area contributed by atoms with Crippen LogP contribution in [0.1, 0.15) is 56.7 Å². The van der Waals surface area contributed by atoms with Crippen LogP contribution in [0, 0.1) is 17.7 Å². The zero-order valence-corrected chi connectivity index (χ0v) is 23.5. The van der Waals surface area contributed by atoms with Crippen LogP contribution in [-0.4, -0.2) is 52.6 Å². The molecule has 8 nitrogen and oxygen atoms in total. The number of fused-ring (bicyclic) bond motifs is 2. The average molecular weight is 579 g/mol. The van der Waals surface area contributed by atoms with Gasteiger partial charge in [-0.2, -0.15) is 0 Å². The fraction of sp³-hybridized carbons (Fsp3) is 0.294. The van der Waals surface area contributed by atoms with Gasteiger partial charge in [0.25, 0.3) is 11.8 Å². The van der Waals surface area contributed by atoms with Crippen molar-refractivity contribution in [2.75, 3.05) is 18.4 Å². The molecule has 3 atom stereocenters. The van der Waals surface area contributed by atoms with Crippen molar-refractivity contribution in [3.8, 4) is 0 Å². The second-order valence-corrected chi connectivity index (χ2v) is 11.9. The molecule has 2 fully saturated rings. The molecule has 2 N–H and O–H groups in total. The minimum Gasteiger partial charge on any atom is -0.380 e. The first-order valence-corrected chi connectivity index (χ1v) is 14.7. The number of allylic oxidation sites excluding steroid dienone is 1. The van der Waals surface area contributed by atoms with Crippen LogP contribution in [0.5, 0.6) is 0 Å². The minimum atomic E-state index is -0.992. The van der Waals surface area contributed by atoms with E-state index in [0.717, 1.165) is 42.1 Å². The number of halogens is 1. The fourth-order valence-electron chi connectivity index (χ4n) is 6.89. The van der Waals surface area contributed by atoms with Gasteiger partial charge in [0, 0.05) is 38.3 Å². The molecule has 9 heteroatoms. The van der Waals surface area contributed by atoms with Gasteiger partial charge in [-0.25, -0.2) is 4.39 Å². The SMILES string of the molecule is O=C1CCC(N2C(=O)c3cccc(NCc4ccc(CN5C[C@H]6CC(c7ccc(F)cc7)=C[C@H]6C5)cc4)c3C2=O)C(=O)N1. The molecule has 3 heterocycles. The monoisotopic (exact) mass is 578 g/mol. The first-order valence-electron chi connectivity index (χ1n) is 14.7. The number of nitrogens with one attached hydrogen (secondary N) is 2. The number of likely N-dealkylation sites (tertiary alicyclic amines) is 1. The Hall–Kier alpha value is -4.63. The van der Waals surface area contributed by atoms with E-state index in [0.29, 0.717) is 24.1 Å². The molecule has 2 saturated heterocycles. The molecule has 0 radical (unpaired) electrons. The molecule has 4 amide bonds. The number of piperidine rings is 1.